The molecule has 0 radical (unpaired) electrons. The third-order valence-corrected chi connectivity index (χ3v) is 5.29. The number of hydrogen-bond acceptors (Lipinski definition) is 8. The number of halogens is 1. The van der Waals surface area contributed by atoms with E-state index in [0.29, 0.717) is 18.8 Å². The zero-order chi connectivity index (χ0) is 20.2. The molecular weight excluding hydrogens is 373 g/mol. The molecule has 29 heavy (non-hydrogen) atoms. The summed E-state index contributed by atoms with van der Waals surface area (Å²) in [6.45, 7) is 2.03. The third kappa shape index (κ3) is 4.62. The monoisotopic (exact) mass is 397 g/mol. The Bertz CT molecular complexity index is 885. The molecule has 2 aliphatic heterocycles. The molecule has 2 unspecified atom stereocenters. The number of nitrogens with one attached hydrogen (secondary N) is 3. The number of hydrogen-bond donors (Lipinski definition) is 3. The number of alkyl halides is 1. The number of benzene rings is 1. The van der Waals surface area contributed by atoms with E-state index in [0.717, 1.165) is 36.4 Å². The van der Waals surface area contributed by atoms with Crippen molar-refractivity contribution >= 4 is 5.82 Å². The fraction of sp³-hybridized carbons (Fsp3) is 0.450. The SMILES string of the molecule is COc1cc(CN2CC[C@@H](F)C2)ccc1C1CC(Nc2cnc(C#N)cn2)NN1. The highest BCUT2D eigenvalue weighted by atomic mass is 19.1. The Hall–Kier alpha value is -2.80. The number of methoxy groups -OCH3 is 1. The molecule has 0 spiro atoms. The molecule has 3 N–H and O–H groups in total. The number of rotatable bonds is 6. The second kappa shape index (κ2) is 8.69. The second-order valence-corrected chi connectivity index (χ2v) is 7.37. The van der Waals surface area contributed by atoms with Gasteiger partial charge in [-0.05, 0) is 18.1 Å². The van der Waals surface area contributed by atoms with Gasteiger partial charge in [0.2, 0.25) is 0 Å². The van der Waals surface area contributed by atoms with Crippen molar-refractivity contribution in [2.24, 2.45) is 0 Å². The summed E-state index contributed by atoms with van der Waals surface area (Å²) in [6.07, 6.45) is 3.62. The molecule has 4 rings (SSSR count). The maximum Gasteiger partial charge on any atom is 0.158 e. The van der Waals surface area contributed by atoms with Gasteiger partial charge in [-0.1, -0.05) is 12.1 Å². The van der Waals surface area contributed by atoms with Gasteiger partial charge < -0.3 is 10.1 Å². The highest BCUT2D eigenvalue weighted by molar-refractivity contribution is 5.41. The molecule has 2 saturated heterocycles. The lowest BCUT2D eigenvalue weighted by molar-refractivity contribution is 0.282. The Morgan fingerprint density at radius 1 is 1.34 bits per heavy atom. The summed E-state index contributed by atoms with van der Waals surface area (Å²) < 4.78 is 19.0. The standard InChI is InChI=1S/C20H24FN7O/c1-29-18-6-13(11-28-5-4-14(21)12-28)2-3-16(18)17-7-19(27-26-17)25-20-10-23-15(8-22)9-24-20/h2-3,6,9-10,14,17,19,26-27H,4-5,7,11-12H2,1H3,(H,24,25)/t14-,17?,19?/m1/s1. The van der Waals surface area contributed by atoms with E-state index in [4.69, 9.17) is 10.00 Å². The van der Waals surface area contributed by atoms with E-state index in [1.165, 1.54) is 6.20 Å². The highest BCUT2D eigenvalue weighted by Crippen LogP contribution is 2.32. The van der Waals surface area contributed by atoms with Gasteiger partial charge in [0.05, 0.1) is 31.7 Å². The zero-order valence-electron chi connectivity index (χ0n) is 16.2. The van der Waals surface area contributed by atoms with Crippen molar-refractivity contribution in [3.8, 4) is 11.8 Å². The molecule has 0 aliphatic carbocycles. The highest BCUT2D eigenvalue weighted by Gasteiger charge is 2.28. The second-order valence-electron chi connectivity index (χ2n) is 7.37. The first-order valence-corrected chi connectivity index (χ1v) is 9.67. The van der Waals surface area contributed by atoms with Crippen LogP contribution in [0.1, 0.15) is 35.7 Å². The molecule has 1 aromatic heterocycles. The lowest BCUT2D eigenvalue weighted by Crippen LogP contribution is -2.36. The molecule has 9 heteroatoms. The number of nitriles is 1. The Balaban J connectivity index is 1.39. The van der Waals surface area contributed by atoms with E-state index in [1.54, 1.807) is 13.3 Å². The van der Waals surface area contributed by atoms with Crippen molar-refractivity contribution in [3.63, 3.8) is 0 Å². The Morgan fingerprint density at radius 2 is 2.24 bits per heavy atom. The minimum absolute atomic E-state index is 0.0438. The first kappa shape index (κ1) is 19.5. The van der Waals surface area contributed by atoms with Crippen molar-refractivity contribution in [1.29, 1.82) is 5.26 Å². The van der Waals surface area contributed by atoms with Crippen LogP contribution >= 0.6 is 0 Å². The van der Waals surface area contributed by atoms with Crippen LogP contribution in [0.3, 0.4) is 0 Å². The normalized spacial score (nSPS) is 24.4. The van der Waals surface area contributed by atoms with E-state index in [9.17, 15) is 4.39 Å². The molecular formula is C20H24FN7O. The van der Waals surface area contributed by atoms with Crippen LogP contribution in [0.25, 0.3) is 0 Å². The number of anilines is 1. The summed E-state index contributed by atoms with van der Waals surface area (Å²) >= 11 is 0. The van der Waals surface area contributed by atoms with E-state index in [1.807, 2.05) is 12.1 Å². The van der Waals surface area contributed by atoms with Gasteiger partial charge in [-0.2, -0.15) is 5.26 Å². The summed E-state index contributed by atoms with van der Waals surface area (Å²) in [5.74, 6) is 1.42. The minimum atomic E-state index is -0.713. The largest absolute Gasteiger partial charge is 0.496 e. The third-order valence-electron chi connectivity index (χ3n) is 5.29. The summed E-state index contributed by atoms with van der Waals surface area (Å²) in [5.41, 5.74) is 8.96. The maximum absolute atomic E-state index is 13.4. The molecule has 1 aromatic carbocycles. The predicted molar refractivity (Wildman–Crippen MR) is 106 cm³/mol. The zero-order valence-corrected chi connectivity index (χ0v) is 16.2. The summed E-state index contributed by atoms with van der Waals surface area (Å²) in [5, 5.41) is 12.1. The Morgan fingerprint density at radius 3 is 2.93 bits per heavy atom. The van der Waals surface area contributed by atoms with Crippen LogP contribution < -0.4 is 20.9 Å². The predicted octanol–water partition coefficient (Wildman–Crippen LogP) is 1.88. The minimum Gasteiger partial charge on any atom is -0.496 e. The van der Waals surface area contributed by atoms with Crippen molar-refractivity contribution in [2.45, 2.75) is 37.8 Å². The Labute approximate surface area is 169 Å². The summed E-state index contributed by atoms with van der Waals surface area (Å²) in [7, 11) is 1.67. The van der Waals surface area contributed by atoms with Gasteiger partial charge in [-0.3, -0.25) is 4.90 Å². The quantitative estimate of drug-likeness (QED) is 0.680. The first-order valence-electron chi connectivity index (χ1n) is 9.67. The van der Waals surface area contributed by atoms with Gasteiger partial charge in [-0.25, -0.2) is 25.2 Å². The molecule has 152 valence electrons. The fourth-order valence-corrected chi connectivity index (χ4v) is 3.82. The number of ether oxygens (including phenoxy) is 1. The van der Waals surface area contributed by atoms with Crippen molar-refractivity contribution in [3.05, 3.63) is 47.4 Å². The van der Waals surface area contributed by atoms with Crippen LogP contribution in [0.2, 0.25) is 0 Å². The van der Waals surface area contributed by atoms with Crippen LogP contribution in [-0.2, 0) is 6.54 Å². The topological polar surface area (TPSA) is 98.1 Å². The van der Waals surface area contributed by atoms with E-state index in [2.05, 4.69) is 43.2 Å². The van der Waals surface area contributed by atoms with E-state index in [-0.39, 0.29) is 17.9 Å². The van der Waals surface area contributed by atoms with Crippen LogP contribution in [0.15, 0.2) is 30.6 Å². The van der Waals surface area contributed by atoms with Gasteiger partial charge in [0.25, 0.3) is 0 Å². The van der Waals surface area contributed by atoms with Crippen LogP contribution in [0, 0.1) is 11.3 Å². The lowest BCUT2D eigenvalue weighted by atomic mass is 10.0. The average Bonchev–Trinajstić information content (AvgIpc) is 3.37. The lowest BCUT2D eigenvalue weighted by Gasteiger charge is -2.18. The molecule has 0 amide bonds. The molecule has 0 saturated carbocycles. The molecule has 3 heterocycles. The van der Waals surface area contributed by atoms with Gasteiger partial charge in [0.1, 0.15) is 23.8 Å². The number of likely N-dealkylation sites (tertiary alicyclic amines) is 1. The maximum atomic E-state index is 13.4. The molecule has 3 atom stereocenters. The Kier molecular flexibility index (Phi) is 5.85. The van der Waals surface area contributed by atoms with Gasteiger partial charge >= 0.3 is 0 Å². The van der Waals surface area contributed by atoms with Gasteiger partial charge in [0, 0.05) is 31.6 Å². The smallest absolute Gasteiger partial charge is 0.158 e. The molecule has 8 nitrogen and oxygen atoms in total. The molecule has 2 fully saturated rings. The molecule has 2 aliphatic rings. The number of hydrazine groups is 1. The van der Waals surface area contributed by atoms with Gasteiger partial charge in [0.15, 0.2) is 5.69 Å². The van der Waals surface area contributed by atoms with Crippen LogP contribution in [-0.4, -0.2) is 47.4 Å². The average molecular weight is 397 g/mol. The molecule has 2 aromatic rings. The van der Waals surface area contributed by atoms with Crippen molar-refractivity contribution in [1.82, 2.24) is 25.7 Å². The van der Waals surface area contributed by atoms with Gasteiger partial charge in [-0.15, -0.1) is 0 Å². The number of aromatic nitrogens is 2. The van der Waals surface area contributed by atoms with Crippen molar-refractivity contribution in [2.75, 3.05) is 25.5 Å². The first-order chi connectivity index (χ1) is 14.1. The fourth-order valence-electron chi connectivity index (χ4n) is 3.82. The van der Waals surface area contributed by atoms with Crippen molar-refractivity contribution < 1.29 is 9.13 Å². The van der Waals surface area contributed by atoms with Crippen LogP contribution in [0.5, 0.6) is 5.75 Å². The van der Waals surface area contributed by atoms with E-state index < -0.39 is 6.17 Å². The summed E-state index contributed by atoms with van der Waals surface area (Å²) in [4.78, 5) is 10.3. The molecule has 0 bridgehead atoms. The summed E-state index contributed by atoms with van der Waals surface area (Å²) in [6, 6.07) is 8.20. The number of nitrogens with zero attached hydrogens (tertiary/aromatic N) is 4. The van der Waals surface area contributed by atoms with Crippen LogP contribution in [0.4, 0.5) is 10.2 Å². The van der Waals surface area contributed by atoms with E-state index >= 15 is 0 Å².